The van der Waals surface area contributed by atoms with Crippen molar-refractivity contribution >= 4 is 22.3 Å². The SMILES string of the molecule is Cn1c(=O)c(C2=NN(c3ccccc3)[C@H](c3ccccc3)C2)c(O)c2ccccc21. The fraction of sp³-hybridized carbons (Fsp3) is 0.120. The molecule has 0 unspecified atom stereocenters. The van der Waals surface area contributed by atoms with E-state index in [0.29, 0.717) is 23.0 Å². The van der Waals surface area contributed by atoms with Crippen LogP contribution < -0.4 is 10.6 Å². The van der Waals surface area contributed by atoms with Gasteiger partial charge < -0.3 is 9.67 Å². The van der Waals surface area contributed by atoms with Gasteiger partial charge in [-0.1, -0.05) is 60.7 Å². The average molecular weight is 395 g/mol. The van der Waals surface area contributed by atoms with Crippen LogP contribution in [0, 0.1) is 0 Å². The topological polar surface area (TPSA) is 57.8 Å². The third-order valence-electron chi connectivity index (χ3n) is 5.68. The second-order valence-corrected chi connectivity index (χ2v) is 7.46. The number of fused-ring (bicyclic) bond motifs is 1. The van der Waals surface area contributed by atoms with Crippen LogP contribution in [0.1, 0.15) is 23.6 Å². The first kappa shape index (κ1) is 18.2. The molecule has 1 aliphatic heterocycles. The highest BCUT2D eigenvalue weighted by Gasteiger charge is 2.33. The van der Waals surface area contributed by atoms with Crippen molar-refractivity contribution < 1.29 is 5.11 Å². The van der Waals surface area contributed by atoms with Crippen molar-refractivity contribution in [3.8, 4) is 5.75 Å². The van der Waals surface area contributed by atoms with Crippen LogP contribution in [0.2, 0.25) is 0 Å². The number of pyridine rings is 1. The van der Waals surface area contributed by atoms with Crippen LogP contribution in [0.25, 0.3) is 10.9 Å². The van der Waals surface area contributed by atoms with Crippen molar-refractivity contribution in [3.05, 3.63) is 106 Å². The molecule has 5 heteroatoms. The van der Waals surface area contributed by atoms with Crippen LogP contribution in [0.5, 0.6) is 5.75 Å². The number of anilines is 1. The molecule has 0 spiro atoms. The van der Waals surface area contributed by atoms with E-state index in [1.165, 1.54) is 0 Å². The molecular weight excluding hydrogens is 374 g/mol. The lowest BCUT2D eigenvalue weighted by Gasteiger charge is -2.23. The molecule has 1 atom stereocenters. The summed E-state index contributed by atoms with van der Waals surface area (Å²) in [6.07, 6.45) is 0.528. The molecule has 4 aromatic rings. The van der Waals surface area contributed by atoms with Crippen LogP contribution >= 0.6 is 0 Å². The van der Waals surface area contributed by atoms with E-state index < -0.39 is 0 Å². The number of hydrazone groups is 1. The highest BCUT2D eigenvalue weighted by molar-refractivity contribution is 6.08. The van der Waals surface area contributed by atoms with Crippen molar-refractivity contribution in [2.75, 3.05) is 5.01 Å². The smallest absolute Gasteiger partial charge is 0.263 e. The van der Waals surface area contributed by atoms with Crippen LogP contribution in [-0.2, 0) is 7.05 Å². The van der Waals surface area contributed by atoms with Gasteiger partial charge in [0.1, 0.15) is 11.3 Å². The van der Waals surface area contributed by atoms with E-state index in [0.717, 1.165) is 11.3 Å². The molecule has 1 aromatic heterocycles. The standard InChI is InChI=1S/C25H21N3O2/c1-27-21-15-9-8-14-19(21)24(29)23(25(27)30)20-16-22(17-10-4-2-5-11-17)28(26-20)18-12-6-3-7-13-18/h2-15,22,29H,16H2,1H3/t22-/m0/s1. The number of nitrogens with zero attached hydrogens (tertiary/aromatic N) is 3. The summed E-state index contributed by atoms with van der Waals surface area (Å²) in [4.78, 5) is 13.2. The number of hydrogen-bond donors (Lipinski definition) is 1. The fourth-order valence-electron chi connectivity index (χ4n) is 4.15. The zero-order chi connectivity index (χ0) is 20.7. The van der Waals surface area contributed by atoms with Crippen LogP contribution in [-0.4, -0.2) is 15.4 Å². The van der Waals surface area contributed by atoms with Crippen molar-refractivity contribution in [1.29, 1.82) is 0 Å². The number of aryl methyl sites for hydroxylation is 1. The van der Waals surface area contributed by atoms with Gasteiger partial charge >= 0.3 is 0 Å². The van der Waals surface area contributed by atoms with E-state index >= 15 is 0 Å². The lowest BCUT2D eigenvalue weighted by Crippen LogP contribution is -2.24. The molecule has 0 saturated heterocycles. The number of aromatic hydroxyl groups is 1. The number of rotatable bonds is 3. The molecule has 0 aliphatic carbocycles. The molecule has 3 aromatic carbocycles. The van der Waals surface area contributed by atoms with Gasteiger partial charge in [-0.15, -0.1) is 0 Å². The molecule has 5 rings (SSSR count). The highest BCUT2D eigenvalue weighted by Crippen LogP contribution is 2.38. The second-order valence-electron chi connectivity index (χ2n) is 7.46. The Kier molecular flexibility index (Phi) is 4.36. The van der Waals surface area contributed by atoms with Crippen LogP contribution in [0.3, 0.4) is 0 Å². The third-order valence-corrected chi connectivity index (χ3v) is 5.68. The van der Waals surface area contributed by atoms with E-state index in [-0.39, 0.29) is 22.9 Å². The monoisotopic (exact) mass is 395 g/mol. The van der Waals surface area contributed by atoms with Gasteiger partial charge in [-0.25, -0.2) is 0 Å². The van der Waals surface area contributed by atoms with Gasteiger partial charge in [-0.3, -0.25) is 9.80 Å². The molecule has 0 bridgehead atoms. The molecule has 0 amide bonds. The molecule has 30 heavy (non-hydrogen) atoms. The molecule has 1 aliphatic rings. The Bertz CT molecular complexity index is 1310. The molecule has 148 valence electrons. The molecule has 5 nitrogen and oxygen atoms in total. The zero-order valence-electron chi connectivity index (χ0n) is 16.6. The van der Waals surface area contributed by atoms with Crippen molar-refractivity contribution in [1.82, 2.24) is 4.57 Å². The Morgan fingerprint density at radius 1 is 0.900 bits per heavy atom. The Morgan fingerprint density at radius 2 is 1.53 bits per heavy atom. The molecule has 2 heterocycles. The van der Waals surface area contributed by atoms with Gasteiger partial charge in [0.15, 0.2) is 0 Å². The Balaban J connectivity index is 1.69. The number of para-hydroxylation sites is 2. The summed E-state index contributed by atoms with van der Waals surface area (Å²) in [5.74, 6) is -0.00540. The molecule has 0 fully saturated rings. The zero-order valence-corrected chi connectivity index (χ0v) is 16.6. The van der Waals surface area contributed by atoms with Gasteiger partial charge in [0, 0.05) is 18.9 Å². The van der Waals surface area contributed by atoms with Gasteiger partial charge in [-0.2, -0.15) is 5.10 Å². The van der Waals surface area contributed by atoms with E-state index in [4.69, 9.17) is 5.10 Å². The normalized spacial score (nSPS) is 16.1. The highest BCUT2D eigenvalue weighted by atomic mass is 16.3. The fourth-order valence-corrected chi connectivity index (χ4v) is 4.15. The van der Waals surface area contributed by atoms with Crippen molar-refractivity contribution in [2.45, 2.75) is 12.5 Å². The summed E-state index contributed by atoms with van der Waals surface area (Å²) in [5, 5.41) is 18.4. The summed E-state index contributed by atoms with van der Waals surface area (Å²) in [7, 11) is 1.73. The quantitative estimate of drug-likeness (QED) is 0.552. The van der Waals surface area contributed by atoms with Crippen LogP contribution in [0.4, 0.5) is 5.69 Å². The van der Waals surface area contributed by atoms with Gasteiger partial charge in [-0.05, 0) is 29.8 Å². The van der Waals surface area contributed by atoms with Crippen molar-refractivity contribution in [2.24, 2.45) is 12.1 Å². The van der Waals surface area contributed by atoms with Gasteiger partial charge in [0.25, 0.3) is 5.56 Å². The Labute approximate surface area is 174 Å². The molecular formula is C25H21N3O2. The molecule has 0 saturated carbocycles. The minimum absolute atomic E-state index is 0.00540. The first-order chi connectivity index (χ1) is 14.6. The largest absolute Gasteiger partial charge is 0.506 e. The first-order valence-corrected chi connectivity index (χ1v) is 9.93. The first-order valence-electron chi connectivity index (χ1n) is 9.93. The summed E-state index contributed by atoms with van der Waals surface area (Å²) >= 11 is 0. The van der Waals surface area contributed by atoms with Crippen molar-refractivity contribution in [3.63, 3.8) is 0 Å². The maximum Gasteiger partial charge on any atom is 0.263 e. The van der Waals surface area contributed by atoms with E-state index in [9.17, 15) is 9.90 Å². The maximum absolute atomic E-state index is 13.2. The number of hydrogen-bond acceptors (Lipinski definition) is 4. The average Bonchev–Trinajstić information content (AvgIpc) is 3.24. The Hall–Kier alpha value is -3.86. The maximum atomic E-state index is 13.2. The minimum Gasteiger partial charge on any atom is -0.506 e. The third kappa shape index (κ3) is 2.87. The Morgan fingerprint density at radius 3 is 2.27 bits per heavy atom. The molecule has 0 radical (unpaired) electrons. The predicted octanol–water partition coefficient (Wildman–Crippen LogP) is 4.60. The minimum atomic E-state index is -0.244. The van der Waals surface area contributed by atoms with Gasteiger partial charge in [0.05, 0.1) is 23.0 Å². The molecule has 1 N–H and O–H groups in total. The summed E-state index contributed by atoms with van der Waals surface area (Å²) in [6, 6.07) is 27.3. The van der Waals surface area contributed by atoms with E-state index in [2.05, 4.69) is 12.1 Å². The second kappa shape index (κ2) is 7.19. The predicted molar refractivity (Wildman–Crippen MR) is 120 cm³/mol. The van der Waals surface area contributed by atoms with Gasteiger partial charge in [0.2, 0.25) is 0 Å². The van der Waals surface area contributed by atoms with E-state index in [1.807, 2.05) is 77.8 Å². The van der Waals surface area contributed by atoms with Crippen LogP contribution in [0.15, 0.2) is 94.8 Å². The summed E-state index contributed by atoms with van der Waals surface area (Å²) in [6.45, 7) is 0. The van der Waals surface area contributed by atoms with E-state index in [1.54, 1.807) is 11.6 Å². The summed E-state index contributed by atoms with van der Waals surface area (Å²) in [5.41, 5.74) is 3.37. The number of aromatic nitrogens is 1. The summed E-state index contributed by atoms with van der Waals surface area (Å²) < 4.78 is 1.58. The lowest BCUT2D eigenvalue weighted by molar-refractivity contribution is 0.478. The lowest BCUT2D eigenvalue weighted by atomic mass is 9.97. The number of benzene rings is 3.